The van der Waals surface area contributed by atoms with Gasteiger partial charge in [0.1, 0.15) is 5.92 Å². The number of carbonyl (C=O) groups is 1. The Labute approximate surface area is 109 Å². The van der Waals surface area contributed by atoms with Gasteiger partial charge in [-0.2, -0.15) is 0 Å². The molecule has 18 heavy (non-hydrogen) atoms. The van der Waals surface area contributed by atoms with Gasteiger partial charge in [0.2, 0.25) is 0 Å². The fraction of sp³-hybridized carbons (Fsp3) is 0.286. The molecular formula is C14H12ClNO2. The predicted octanol–water partition coefficient (Wildman–Crippen LogP) is 3.47. The monoisotopic (exact) mass is 261 g/mol. The summed E-state index contributed by atoms with van der Waals surface area (Å²) < 4.78 is 0. The third-order valence-corrected chi connectivity index (χ3v) is 3.59. The Morgan fingerprint density at radius 1 is 1.33 bits per heavy atom. The minimum Gasteiger partial charge on any atom is -0.481 e. The number of carboxylic acid groups (broad SMARTS) is 1. The normalized spacial score (nSPS) is 16.7. The lowest BCUT2D eigenvalue weighted by Gasteiger charge is -2.11. The van der Waals surface area contributed by atoms with Gasteiger partial charge in [0.15, 0.2) is 0 Å². The first-order valence-electron chi connectivity index (χ1n) is 5.94. The summed E-state index contributed by atoms with van der Waals surface area (Å²) in [7, 11) is 0. The predicted molar refractivity (Wildman–Crippen MR) is 69.9 cm³/mol. The summed E-state index contributed by atoms with van der Waals surface area (Å²) in [6, 6.07) is 9.12. The molecule has 1 aromatic heterocycles. The van der Waals surface area contributed by atoms with Crippen molar-refractivity contribution in [2.45, 2.75) is 18.8 Å². The average Bonchev–Trinajstić information content (AvgIpc) is 3.13. The Kier molecular flexibility index (Phi) is 2.71. The summed E-state index contributed by atoms with van der Waals surface area (Å²) >= 11 is 5.91. The van der Waals surface area contributed by atoms with Gasteiger partial charge in [0.25, 0.3) is 0 Å². The van der Waals surface area contributed by atoms with Gasteiger partial charge >= 0.3 is 5.97 Å². The second kappa shape index (κ2) is 4.25. The zero-order valence-corrected chi connectivity index (χ0v) is 10.4. The molecule has 3 rings (SSSR count). The molecular weight excluding hydrogens is 250 g/mol. The average molecular weight is 262 g/mol. The molecule has 0 saturated heterocycles. The van der Waals surface area contributed by atoms with Crippen LogP contribution in [0.2, 0.25) is 5.02 Å². The van der Waals surface area contributed by atoms with Gasteiger partial charge < -0.3 is 5.11 Å². The Bertz CT molecular complexity index is 622. The Morgan fingerprint density at radius 3 is 2.78 bits per heavy atom. The summed E-state index contributed by atoms with van der Waals surface area (Å²) in [5.74, 6) is -0.997. The third-order valence-electron chi connectivity index (χ3n) is 3.35. The van der Waals surface area contributed by atoms with Gasteiger partial charge in [-0.1, -0.05) is 17.7 Å². The van der Waals surface area contributed by atoms with E-state index >= 15 is 0 Å². The van der Waals surface area contributed by atoms with Crippen molar-refractivity contribution in [1.82, 2.24) is 4.98 Å². The number of benzene rings is 1. The Hall–Kier alpha value is -1.61. The summed E-state index contributed by atoms with van der Waals surface area (Å²) in [5, 5.41) is 10.9. The van der Waals surface area contributed by atoms with Crippen LogP contribution >= 0.6 is 11.6 Å². The van der Waals surface area contributed by atoms with Crippen molar-refractivity contribution in [2.75, 3.05) is 0 Å². The number of aliphatic carboxylic acids is 1. The standard InChI is InChI=1S/C14H12ClNO2/c15-10-4-6-11-9(7-10)3-5-12(16-11)13(14(17)18)8-1-2-8/h3-8,13H,1-2H2,(H,17,18). The number of rotatable bonds is 3. The summed E-state index contributed by atoms with van der Waals surface area (Å²) in [4.78, 5) is 15.8. The van der Waals surface area contributed by atoms with E-state index < -0.39 is 11.9 Å². The highest BCUT2D eigenvalue weighted by Gasteiger charge is 2.38. The van der Waals surface area contributed by atoms with E-state index in [1.54, 1.807) is 12.1 Å². The van der Waals surface area contributed by atoms with Crippen LogP contribution in [0.4, 0.5) is 0 Å². The molecule has 1 fully saturated rings. The zero-order chi connectivity index (χ0) is 12.7. The molecule has 1 unspecified atom stereocenters. The lowest BCUT2D eigenvalue weighted by atomic mass is 9.98. The smallest absolute Gasteiger partial charge is 0.312 e. The van der Waals surface area contributed by atoms with Gasteiger partial charge in [0, 0.05) is 10.4 Å². The molecule has 4 heteroatoms. The first kappa shape index (κ1) is 11.5. The molecule has 0 bridgehead atoms. The maximum Gasteiger partial charge on any atom is 0.312 e. The summed E-state index contributed by atoms with van der Waals surface area (Å²) in [5.41, 5.74) is 1.45. The van der Waals surface area contributed by atoms with E-state index in [0.717, 1.165) is 23.7 Å². The van der Waals surface area contributed by atoms with Crippen LogP contribution in [0.25, 0.3) is 10.9 Å². The van der Waals surface area contributed by atoms with Crippen molar-refractivity contribution in [2.24, 2.45) is 5.92 Å². The van der Waals surface area contributed by atoms with Gasteiger partial charge in [-0.3, -0.25) is 9.78 Å². The third kappa shape index (κ3) is 2.06. The number of pyridine rings is 1. The van der Waals surface area contributed by atoms with Crippen molar-refractivity contribution in [3.05, 3.63) is 41.0 Å². The van der Waals surface area contributed by atoms with Crippen LogP contribution in [-0.4, -0.2) is 16.1 Å². The highest BCUT2D eigenvalue weighted by molar-refractivity contribution is 6.31. The quantitative estimate of drug-likeness (QED) is 0.920. The van der Waals surface area contributed by atoms with E-state index in [9.17, 15) is 9.90 Å². The zero-order valence-electron chi connectivity index (χ0n) is 9.64. The molecule has 0 aliphatic heterocycles. The number of carboxylic acids is 1. The maximum atomic E-state index is 11.3. The van der Waals surface area contributed by atoms with Crippen molar-refractivity contribution in [3.8, 4) is 0 Å². The van der Waals surface area contributed by atoms with E-state index in [-0.39, 0.29) is 5.92 Å². The molecule has 1 aromatic carbocycles. The number of hydrogen-bond acceptors (Lipinski definition) is 2. The number of aromatic nitrogens is 1. The van der Waals surface area contributed by atoms with E-state index in [0.29, 0.717) is 10.7 Å². The summed E-state index contributed by atoms with van der Waals surface area (Å²) in [6.45, 7) is 0. The van der Waals surface area contributed by atoms with Crippen LogP contribution in [0.3, 0.4) is 0 Å². The van der Waals surface area contributed by atoms with Crippen molar-refractivity contribution < 1.29 is 9.90 Å². The van der Waals surface area contributed by atoms with Gasteiger partial charge in [-0.25, -0.2) is 0 Å². The highest BCUT2D eigenvalue weighted by atomic mass is 35.5. The second-order valence-electron chi connectivity index (χ2n) is 4.73. The molecule has 2 aromatic rings. The fourth-order valence-corrected chi connectivity index (χ4v) is 2.47. The lowest BCUT2D eigenvalue weighted by molar-refractivity contribution is -0.139. The molecule has 92 valence electrons. The highest BCUT2D eigenvalue weighted by Crippen LogP contribution is 2.42. The largest absolute Gasteiger partial charge is 0.481 e. The minimum absolute atomic E-state index is 0.250. The van der Waals surface area contributed by atoms with E-state index in [4.69, 9.17) is 11.6 Å². The maximum absolute atomic E-state index is 11.3. The Morgan fingerprint density at radius 2 is 2.11 bits per heavy atom. The Balaban J connectivity index is 2.06. The SMILES string of the molecule is O=C(O)C(c1ccc2cc(Cl)ccc2n1)C1CC1. The second-order valence-corrected chi connectivity index (χ2v) is 5.16. The van der Waals surface area contributed by atoms with Gasteiger partial charge in [-0.05, 0) is 43.0 Å². The lowest BCUT2D eigenvalue weighted by Crippen LogP contribution is -2.15. The van der Waals surface area contributed by atoms with E-state index in [1.165, 1.54) is 0 Å². The molecule has 1 heterocycles. The van der Waals surface area contributed by atoms with Crippen LogP contribution in [0.5, 0.6) is 0 Å². The number of hydrogen-bond donors (Lipinski definition) is 1. The molecule has 1 aliphatic rings. The van der Waals surface area contributed by atoms with Crippen LogP contribution in [-0.2, 0) is 4.79 Å². The molecule has 1 aliphatic carbocycles. The van der Waals surface area contributed by atoms with Crippen molar-refractivity contribution in [3.63, 3.8) is 0 Å². The van der Waals surface area contributed by atoms with E-state index in [1.807, 2.05) is 18.2 Å². The van der Waals surface area contributed by atoms with Crippen LogP contribution < -0.4 is 0 Å². The molecule has 0 amide bonds. The van der Waals surface area contributed by atoms with Gasteiger partial charge in [-0.15, -0.1) is 0 Å². The number of halogens is 1. The van der Waals surface area contributed by atoms with Crippen LogP contribution in [0, 0.1) is 5.92 Å². The van der Waals surface area contributed by atoms with Crippen LogP contribution in [0.15, 0.2) is 30.3 Å². The number of fused-ring (bicyclic) bond motifs is 1. The fourth-order valence-electron chi connectivity index (χ4n) is 2.28. The summed E-state index contributed by atoms with van der Waals surface area (Å²) in [6.07, 6.45) is 1.97. The molecule has 1 atom stereocenters. The van der Waals surface area contributed by atoms with Crippen LogP contribution in [0.1, 0.15) is 24.5 Å². The molecule has 1 saturated carbocycles. The minimum atomic E-state index is -0.779. The molecule has 1 N–H and O–H groups in total. The van der Waals surface area contributed by atoms with Crippen molar-refractivity contribution in [1.29, 1.82) is 0 Å². The topological polar surface area (TPSA) is 50.2 Å². The molecule has 3 nitrogen and oxygen atoms in total. The van der Waals surface area contributed by atoms with Crippen molar-refractivity contribution >= 4 is 28.5 Å². The number of nitrogens with zero attached hydrogens (tertiary/aromatic N) is 1. The first-order valence-corrected chi connectivity index (χ1v) is 6.32. The molecule has 0 spiro atoms. The molecule has 0 radical (unpaired) electrons. The van der Waals surface area contributed by atoms with E-state index in [2.05, 4.69) is 4.98 Å². The first-order chi connectivity index (χ1) is 8.65. The van der Waals surface area contributed by atoms with Gasteiger partial charge in [0.05, 0.1) is 11.2 Å².